The molecule has 0 saturated heterocycles. The second-order valence-corrected chi connectivity index (χ2v) is 4.69. The summed E-state index contributed by atoms with van der Waals surface area (Å²) in [5.74, 6) is -2.24. The Bertz CT molecular complexity index is 714. The molecule has 0 atom stereocenters. The van der Waals surface area contributed by atoms with Crippen LogP contribution in [0.2, 0.25) is 0 Å². The van der Waals surface area contributed by atoms with E-state index in [2.05, 4.69) is 10.3 Å². The molecule has 0 saturated carbocycles. The van der Waals surface area contributed by atoms with E-state index in [0.29, 0.717) is 0 Å². The van der Waals surface area contributed by atoms with Gasteiger partial charge in [0.05, 0.1) is 0 Å². The highest BCUT2D eigenvalue weighted by Gasteiger charge is 2.13. The number of benzene rings is 1. The van der Waals surface area contributed by atoms with E-state index in [9.17, 15) is 18.4 Å². The molecular weight excluding hydrogens is 280 g/mol. The van der Waals surface area contributed by atoms with Gasteiger partial charge in [-0.25, -0.2) is 13.6 Å². The summed E-state index contributed by atoms with van der Waals surface area (Å²) in [4.78, 5) is 26.0. The fraction of sp³-hybridized carbons (Fsp3) is 0.286. The van der Waals surface area contributed by atoms with E-state index in [0.717, 1.165) is 23.5 Å². The minimum atomic E-state index is -0.839. The molecule has 0 spiro atoms. The Kier molecular flexibility index (Phi) is 4.21. The summed E-state index contributed by atoms with van der Waals surface area (Å²) < 4.78 is 28.2. The Morgan fingerprint density at radius 3 is 2.43 bits per heavy atom. The number of imidazole rings is 1. The highest BCUT2D eigenvalue weighted by atomic mass is 19.1. The second-order valence-electron chi connectivity index (χ2n) is 4.69. The van der Waals surface area contributed by atoms with Crippen LogP contribution in [-0.4, -0.2) is 15.5 Å². The molecule has 0 aliphatic carbocycles. The van der Waals surface area contributed by atoms with Gasteiger partial charge in [0, 0.05) is 24.4 Å². The highest BCUT2D eigenvalue weighted by Crippen LogP contribution is 2.18. The smallest absolute Gasteiger partial charge is 0.321 e. The first-order chi connectivity index (χ1) is 9.90. The summed E-state index contributed by atoms with van der Waals surface area (Å²) in [6, 6.07) is 3.33. The average Bonchev–Trinajstić information content (AvgIpc) is 2.66. The van der Waals surface area contributed by atoms with Crippen molar-refractivity contribution in [3.8, 4) is 0 Å². The molecule has 2 rings (SSSR count). The lowest BCUT2D eigenvalue weighted by atomic mass is 10.2. The first kappa shape index (κ1) is 15.0. The monoisotopic (exact) mass is 295 g/mol. The molecule has 2 N–H and O–H groups in total. The van der Waals surface area contributed by atoms with Gasteiger partial charge in [-0.2, -0.15) is 0 Å². The number of para-hydroxylation sites is 1. The molecule has 21 heavy (non-hydrogen) atoms. The van der Waals surface area contributed by atoms with Crippen LogP contribution < -0.4 is 11.0 Å². The number of carbonyl (C=O) groups excluding carboxylic acids is 1. The molecule has 0 aliphatic rings. The molecule has 1 amide bonds. The number of aromatic amines is 1. The van der Waals surface area contributed by atoms with Crippen molar-refractivity contribution in [1.82, 2.24) is 9.55 Å². The SMILES string of the molecule is Cc1[nH]c(=O)n(CCC(=O)Nc2c(F)cccc2F)c1C. The van der Waals surface area contributed by atoms with E-state index >= 15 is 0 Å². The van der Waals surface area contributed by atoms with Gasteiger partial charge in [-0.1, -0.05) is 6.07 Å². The predicted octanol–water partition coefficient (Wildman–Crippen LogP) is 2.10. The molecule has 1 aromatic carbocycles. The first-order valence-corrected chi connectivity index (χ1v) is 6.40. The molecule has 5 nitrogen and oxygen atoms in total. The van der Waals surface area contributed by atoms with Crippen LogP contribution in [0, 0.1) is 25.5 Å². The van der Waals surface area contributed by atoms with E-state index < -0.39 is 23.2 Å². The van der Waals surface area contributed by atoms with Crippen LogP contribution in [0.3, 0.4) is 0 Å². The molecule has 1 aromatic heterocycles. The van der Waals surface area contributed by atoms with Gasteiger partial charge >= 0.3 is 5.69 Å². The zero-order valence-corrected chi connectivity index (χ0v) is 11.7. The molecule has 0 unspecified atom stereocenters. The number of nitrogens with zero attached hydrogens (tertiary/aromatic N) is 1. The number of amides is 1. The van der Waals surface area contributed by atoms with Crippen molar-refractivity contribution in [2.24, 2.45) is 0 Å². The van der Waals surface area contributed by atoms with Crippen molar-refractivity contribution in [3.63, 3.8) is 0 Å². The minimum Gasteiger partial charge on any atom is -0.321 e. The number of rotatable bonds is 4. The van der Waals surface area contributed by atoms with Crippen LogP contribution >= 0.6 is 0 Å². The summed E-state index contributed by atoms with van der Waals surface area (Å²) in [6.07, 6.45) is -0.0637. The van der Waals surface area contributed by atoms with Crippen LogP contribution in [0.15, 0.2) is 23.0 Å². The van der Waals surface area contributed by atoms with Gasteiger partial charge in [0.1, 0.15) is 17.3 Å². The van der Waals surface area contributed by atoms with Gasteiger partial charge < -0.3 is 10.3 Å². The van der Waals surface area contributed by atoms with Gasteiger partial charge in [0.25, 0.3) is 0 Å². The number of halogens is 2. The first-order valence-electron chi connectivity index (χ1n) is 6.40. The minimum absolute atomic E-state index is 0.0637. The fourth-order valence-corrected chi connectivity index (χ4v) is 1.97. The second kappa shape index (κ2) is 5.90. The van der Waals surface area contributed by atoms with Gasteiger partial charge in [0.15, 0.2) is 0 Å². The zero-order chi connectivity index (χ0) is 15.6. The van der Waals surface area contributed by atoms with Crippen LogP contribution in [0.25, 0.3) is 0 Å². The Morgan fingerprint density at radius 2 is 1.90 bits per heavy atom. The van der Waals surface area contributed by atoms with Crippen molar-refractivity contribution in [1.29, 1.82) is 0 Å². The normalized spacial score (nSPS) is 10.7. The number of carbonyl (C=O) groups is 1. The van der Waals surface area contributed by atoms with Crippen molar-refractivity contribution >= 4 is 11.6 Å². The van der Waals surface area contributed by atoms with Crippen LogP contribution in [0.1, 0.15) is 17.8 Å². The van der Waals surface area contributed by atoms with Crippen molar-refractivity contribution in [2.75, 3.05) is 5.32 Å². The van der Waals surface area contributed by atoms with Crippen molar-refractivity contribution in [2.45, 2.75) is 26.8 Å². The van der Waals surface area contributed by atoms with Crippen LogP contribution in [0.4, 0.5) is 14.5 Å². The van der Waals surface area contributed by atoms with Gasteiger partial charge in [-0.05, 0) is 26.0 Å². The number of nitrogens with one attached hydrogen (secondary N) is 2. The zero-order valence-electron chi connectivity index (χ0n) is 11.7. The van der Waals surface area contributed by atoms with Crippen LogP contribution in [0.5, 0.6) is 0 Å². The number of hydrogen-bond acceptors (Lipinski definition) is 2. The maximum absolute atomic E-state index is 13.4. The molecule has 7 heteroatoms. The number of aryl methyl sites for hydroxylation is 1. The lowest BCUT2D eigenvalue weighted by Gasteiger charge is -2.08. The molecule has 112 valence electrons. The van der Waals surface area contributed by atoms with E-state index in [1.165, 1.54) is 10.6 Å². The molecule has 0 aliphatic heterocycles. The third kappa shape index (κ3) is 3.18. The predicted molar refractivity (Wildman–Crippen MR) is 74.1 cm³/mol. The van der Waals surface area contributed by atoms with Gasteiger partial charge in [0.2, 0.25) is 5.91 Å². The molecule has 1 heterocycles. The Balaban J connectivity index is 2.04. The Hall–Kier alpha value is -2.44. The van der Waals surface area contributed by atoms with Crippen LogP contribution in [-0.2, 0) is 11.3 Å². The summed E-state index contributed by atoms with van der Waals surface area (Å²) in [6.45, 7) is 3.64. The maximum atomic E-state index is 13.4. The molecule has 0 fully saturated rings. The third-order valence-corrected chi connectivity index (χ3v) is 3.28. The maximum Gasteiger partial charge on any atom is 0.325 e. The fourth-order valence-electron chi connectivity index (χ4n) is 1.97. The van der Waals surface area contributed by atoms with Gasteiger partial charge in [-0.3, -0.25) is 9.36 Å². The van der Waals surface area contributed by atoms with E-state index in [-0.39, 0.29) is 18.7 Å². The van der Waals surface area contributed by atoms with Crippen molar-refractivity contribution in [3.05, 3.63) is 51.7 Å². The molecule has 0 radical (unpaired) electrons. The molecule has 2 aromatic rings. The number of anilines is 1. The lowest BCUT2D eigenvalue weighted by molar-refractivity contribution is -0.116. The number of H-pyrrole nitrogens is 1. The average molecular weight is 295 g/mol. The molecule has 0 bridgehead atoms. The van der Waals surface area contributed by atoms with E-state index in [4.69, 9.17) is 0 Å². The number of hydrogen-bond donors (Lipinski definition) is 2. The molecular formula is C14H15F2N3O2. The standard InChI is InChI=1S/C14H15F2N3O2/c1-8-9(2)19(14(21)17-8)7-6-12(20)18-13-10(15)4-3-5-11(13)16/h3-5H,6-7H2,1-2H3,(H,17,21)(H,18,20). The number of aromatic nitrogens is 2. The Morgan fingerprint density at radius 1 is 1.29 bits per heavy atom. The quantitative estimate of drug-likeness (QED) is 0.907. The highest BCUT2D eigenvalue weighted by molar-refractivity contribution is 5.90. The third-order valence-electron chi connectivity index (χ3n) is 3.28. The Labute approximate surface area is 119 Å². The summed E-state index contributed by atoms with van der Waals surface area (Å²) in [5.41, 5.74) is 0.664. The topological polar surface area (TPSA) is 66.9 Å². The summed E-state index contributed by atoms with van der Waals surface area (Å²) in [7, 11) is 0. The van der Waals surface area contributed by atoms with Crippen molar-refractivity contribution < 1.29 is 13.6 Å². The van der Waals surface area contributed by atoms with Gasteiger partial charge in [-0.15, -0.1) is 0 Å². The lowest BCUT2D eigenvalue weighted by Crippen LogP contribution is -2.22. The largest absolute Gasteiger partial charge is 0.325 e. The summed E-state index contributed by atoms with van der Waals surface area (Å²) >= 11 is 0. The van der Waals surface area contributed by atoms with E-state index in [1.807, 2.05) is 0 Å². The summed E-state index contributed by atoms with van der Waals surface area (Å²) in [5, 5.41) is 2.18. The van der Waals surface area contributed by atoms with E-state index in [1.54, 1.807) is 13.8 Å².